The van der Waals surface area contributed by atoms with Gasteiger partial charge in [-0.1, -0.05) is 17.7 Å². The summed E-state index contributed by atoms with van der Waals surface area (Å²) in [7, 11) is 0. The summed E-state index contributed by atoms with van der Waals surface area (Å²) in [5.74, 6) is -0.298. The smallest absolute Gasteiger partial charge is 0.129 e. The molecule has 0 aliphatic heterocycles. The molecular weight excluding hydrogens is 227 g/mol. The van der Waals surface area contributed by atoms with Crippen LogP contribution in [-0.4, -0.2) is 6.54 Å². The van der Waals surface area contributed by atoms with Gasteiger partial charge >= 0.3 is 0 Å². The monoisotopic (exact) mass is 240 g/mol. The van der Waals surface area contributed by atoms with E-state index < -0.39 is 0 Å². The molecule has 1 aromatic carbocycles. The second kappa shape index (κ2) is 6.47. The molecule has 0 saturated carbocycles. The molecule has 4 heteroatoms. The largest absolute Gasteiger partial charge is 0.310 e. The Labute approximate surface area is 100 Å². The van der Waals surface area contributed by atoms with Crippen LogP contribution < -0.4 is 5.32 Å². The van der Waals surface area contributed by atoms with E-state index in [1.165, 1.54) is 6.07 Å². The van der Waals surface area contributed by atoms with Crippen molar-refractivity contribution in [2.45, 2.75) is 25.8 Å². The van der Waals surface area contributed by atoms with Crippen molar-refractivity contribution in [2.24, 2.45) is 0 Å². The lowest BCUT2D eigenvalue weighted by Crippen LogP contribution is -2.21. The molecule has 1 aromatic rings. The van der Waals surface area contributed by atoms with Crippen molar-refractivity contribution in [3.8, 4) is 6.07 Å². The van der Waals surface area contributed by atoms with Crippen LogP contribution in [0.25, 0.3) is 0 Å². The lowest BCUT2D eigenvalue weighted by molar-refractivity contribution is 0.523. The molecule has 0 unspecified atom stereocenters. The average Bonchev–Trinajstić information content (AvgIpc) is 2.24. The molecule has 0 bridgehead atoms. The third kappa shape index (κ3) is 3.48. The second-order valence-corrected chi connectivity index (χ2v) is 3.98. The molecule has 0 aliphatic carbocycles. The first-order valence-electron chi connectivity index (χ1n) is 5.21. The summed E-state index contributed by atoms with van der Waals surface area (Å²) in [5.41, 5.74) is 0.487. The molecule has 1 atom stereocenters. The standard InChI is InChI=1S/C12H14ClFN2/c1-9(16-8-3-2-7-15)12-10(13)5-4-6-11(12)14/h4-6,9,16H,2-3,8H2,1H3/t9-/m0/s1. The van der Waals surface area contributed by atoms with Gasteiger partial charge in [-0.15, -0.1) is 0 Å². The van der Waals surface area contributed by atoms with Gasteiger partial charge in [-0.3, -0.25) is 0 Å². The minimum absolute atomic E-state index is 0.146. The Morgan fingerprint density at radius 1 is 1.56 bits per heavy atom. The first kappa shape index (κ1) is 13.0. The van der Waals surface area contributed by atoms with Gasteiger partial charge in [0.25, 0.3) is 0 Å². The fraction of sp³-hybridized carbons (Fsp3) is 0.417. The van der Waals surface area contributed by atoms with E-state index in [1.807, 2.05) is 6.92 Å². The van der Waals surface area contributed by atoms with Crippen molar-refractivity contribution in [3.63, 3.8) is 0 Å². The number of nitrogens with one attached hydrogen (secondary N) is 1. The van der Waals surface area contributed by atoms with Crippen LogP contribution in [0.2, 0.25) is 5.02 Å². The van der Waals surface area contributed by atoms with E-state index >= 15 is 0 Å². The van der Waals surface area contributed by atoms with Crippen molar-refractivity contribution in [1.82, 2.24) is 5.32 Å². The number of nitrogens with zero attached hydrogens (tertiary/aromatic N) is 1. The number of rotatable bonds is 5. The van der Waals surface area contributed by atoms with Crippen LogP contribution in [0.4, 0.5) is 4.39 Å². The Hall–Kier alpha value is -1.11. The third-order valence-electron chi connectivity index (χ3n) is 2.35. The van der Waals surface area contributed by atoms with Gasteiger partial charge in [0.15, 0.2) is 0 Å². The molecule has 0 radical (unpaired) electrons. The highest BCUT2D eigenvalue weighted by Gasteiger charge is 2.13. The van der Waals surface area contributed by atoms with Gasteiger partial charge in [0.2, 0.25) is 0 Å². The first-order valence-corrected chi connectivity index (χ1v) is 5.59. The van der Waals surface area contributed by atoms with Crippen LogP contribution in [0, 0.1) is 17.1 Å². The zero-order valence-corrected chi connectivity index (χ0v) is 9.89. The summed E-state index contributed by atoms with van der Waals surface area (Å²) in [5, 5.41) is 11.9. The topological polar surface area (TPSA) is 35.8 Å². The third-order valence-corrected chi connectivity index (χ3v) is 2.68. The summed E-state index contributed by atoms with van der Waals surface area (Å²) in [6.45, 7) is 2.54. The van der Waals surface area contributed by atoms with Crippen molar-refractivity contribution < 1.29 is 4.39 Å². The maximum absolute atomic E-state index is 13.5. The molecule has 0 saturated heterocycles. The molecule has 1 rings (SSSR count). The molecule has 0 spiro atoms. The summed E-state index contributed by atoms with van der Waals surface area (Å²) < 4.78 is 13.5. The Morgan fingerprint density at radius 2 is 2.31 bits per heavy atom. The van der Waals surface area contributed by atoms with E-state index in [9.17, 15) is 4.39 Å². The summed E-state index contributed by atoms with van der Waals surface area (Å²) in [4.78, 5) is 0. The average molecular weight is 241 g/mol. The number of unbranched alkanes of at least 4 members (excludes halogenated alkanes) is 1. The van der Waals surface area contributed by atoms with Crippen LogP contribution in [0.15, 0.2) is 18.2 Å². The molecule has 16 heavy (non-hydrogen) atoms. The van der Waals surface area contributed by atoms with Crippen LogP contribution in [0.5, 0.6) is 0 Å². The normalized spacial score (nSPS) is 12.1. The predicted octanol–water partition coefficient (Wildman–Crippen LogP) is 3.43. The number of hydrogen-bond donors (Lipinski definition) is 1. The SMILES string of the molecule is C[C@H](NCCCC#N)c1c(F)cccc1Cl. The van der Waals surface area contributed by atoms with Crippen LogP contribution in [0.1, 0.15) is 31.4 Å². The quantitative estimate of drug-likeness (QED) is 0.801. The highest BCUT2D eigenvalue weighted by atomic mass is 35.5. The molecular formula is C12H14ClFN2. The molecule has 0 aliphatic rings. The molecule has 0 amide bonds. The number of benzene rings is 1. The Morgan fingerprint density at radius 3 is 2.94 bits per heavy atom. The van der Waals surface area contributed by atoms with E-state index in [4.69, 9.17) is 16.9 Å². The van der Waals surface area contributed by atoms with Crippen LogP contribution in [0.3, 0.4) is 0 Å². The van der Waals surface area contributed by atoms with E-state index in [0.29, 0.717) is 23.6 Å². The zero-order valence-electron chi connectivity index (χ0n) is 9.13. The lowest BCUT2D eigenvalue weighted by atomic mass is 10.1. The van der Waals surface area contributed by atoms with Crippen molar-refractivity contribution in [3.05, 3.63) is 34.6 Å². The molecule has 0 heterocycles. The maximum Gasteiger partial charge on any atom is 0.129 e. The molecule has 86 valence electrons. The van der Waals surface area contributed by atoms with Crippen LogP contribution in [-0.2, 0) is 0 Å². The predicted molar refractivity (Wildman–Crippen MR) is 62.7 cm³/mol. The fourth-order valence-electron chi connectivity index (χ4n) is 1.51. The highest BCUT2D eigenvalue weighted by Crippen LogP contribution is 2.25. The van der Waals surface area contributed by atoms with Gasteiger partial charge in [-0.05, 0) is 32.0 Å². The van der Waals surface area contributed by atoms with E-state index in [2.05, 4.69) is 11.4 Å². The minimum Gasteiger partial charge on any atom is -0.310 e. The number of nitriles is 1. The number of halogens is 2. The molecule has 0 aromatic heterocycles. The minimum atomic E-state index is -0.298. The van der Waals surface area contributed by atoms with Gasteiger partial charge in [-0.25, -0.2) is 4.39 Å². The van der Waals surface area contributed by atoms with Crippen molar-refractivity contribution in [2.75, 3.05) is 6.54 Å². The van der Waals surface area contributed by atoms with Gasteiger partial charge in [-0.2, -0.15) is 5.26 Å². The Kier molecular flexibility index (Phi) is 5.24. The van der Waals surface area contributed by atoms with Gasteiger partial charge in [0.05, 0.1) is 6.07 Å². The first-order chi connectivity index (χ1) is 7.66. The maximum atomic E-state index is 13.5. The summed E-state index contributed by atoms with van der Waals surface area (Å²) in [6.07, 6.45) is 1.26. The van der Waals surface area contributed by atoms with E-state index in [-0.39, 0.29) is 11.9 Å². The summed E-state index contributed by atoms with van der Waals surface area (Å²) in [6, 6.07) is 6.58. The van der Waals surface area contributed by atoms with Crippen LogP contribution >= 0.6 is 11.6 Å². The highest BCUT2D eigenvalue weighted by molar-refractivity contribution is 6.31. The van der Waals surface area contributed by atoms with Gasteiger partial charge < -0.3 is 5.32 Å². The fourth-order valence-corrected chi connectivity index (χ4v) is 1.84. The molecule has 2 nitrogen and oxygen atoms in total. The van der Waals surface area contributed by atoms with Crippen molar-refractivity contribution in [1.29, 1.82) is 5.26 Å². The zero-order chi connectivity index (χ0) is 12.0. The molecule has 1 N–H and O–H groups in total. The Balaban J connectivity index is 2.59. The Bertz CT molecular complexity index is 367. The number of hydrogen-bond acceptors (Lipinski definition) is 2. The van der Waals surface area contributed by atoms with Gasteiger partial charge in [0.1, 0.15) is 5.82 Å². The van der Waals surface area contributed by atoms with Gasteiger partial charge in [0, 0.05) is 23.0 Å². The lowest BCUT2D eigenvalue weighted by Gasteiger charge is -2.15. The van der Waals surface area contributed by atoms with Crippen molar-refractivity contribution >= 4 is 11.6 Å². The molecule has 0 fully saturated rings. The van der Waals surface area contributed by atoms with E-state index in [1.54, 1.807) is 12.1 Å². The summed E-state index contributed by atoms with van der Waals surface area (Å²) >= 11 is 5.93. The van der Waals surface area contributed by atoms with E-state index in [0.717, 1.165) is 6.42 Å². The second-order valence-electron chi connectivity index (χ2n) is 3.57.